The van der Waals surface area contributed by atoms with E-state index < -0.39 is 37.7 Å². The van der Waals surface area contributed by atoms with Crippen molar-refractivity contribution in [2.75, 3.05) is 51.4 Å². The molecule has 10 nitrogen and oxygen atoms in total. The molecule has 1 heterocycles. The van der Waals surface area contributed by atoms with Gasteiger partial charge in [0.25, 0.3) is 16.0 Å². The first kappa shape index (κ1) is 28.1. The smallest absolute Gasteiger partial charge is 0.265 e. The Bertz CT molecular complexity index is 1200. The number of carbonyl (C=O) groups is 1. The van der Waals surface area contributed by atoms with Gasteiger partial charge in [-0.05, 0) is 36.2 Å². The molecule has 198 valence electrons. The molecule has 1 amide bonds. The molecule has 1 aliphatic heterocycles. The number of rotatable bonds is 13. The van der Waals surface area contributed by atoms with E-state index in [4.69, 9.17) is 13.7 Å². The van der Waals surface area contributed by atoms with Crippen LogP contribution in [0.5, 0.6) is 11.5 Å². The van der Waals surface area contributed by atoms with Crippen LogP contribution in [0.25, 0.3) is 0 Å². The van der Waals surface area contributed by atoms with E-state index in [0.717, 1.165) is 19.3 Å². The van der Waals surface area contributed by atoms with E-state index >= 15 is 0 Å². The van der Waals surface area contributed by atoms with Crippen molar-refractivity contribution < 1.29 is 35.3 Å². The molecule has 1 aliphatic rings. The molecule has 1 saturated heterocycles. The molecule has 2 aromatic carbocycles. The summed E-state index contributed by atoms with van der Waals surface area (Å²) in [5.41, 5.74) is 0.513. The number of sulfone groups is 1. The number of carbonyl (C=O) groups excluding carboxylic acids is 1. The second kappa shape index (κ2) is 13.2. The third kappa shape index (κ3) is 10.2. The summed E-state index contributed by atoms with van der Waals surface area (Å²) in [6.45, 7) is 3.58. The number of para-hydroxylation sites is 1. The highest BCUT2D eigenvalue weighted by Gasteiger charge is 2.26. The summed E-state index contributed by atoms with van der Waals surface area (Å²) in [5, 5.41) is 2.65. The Morgan fingerprint density at radius 3 is 2.42 bits per heavy atom. The number of ether oxygens (including phenoxy) is 2. The van der Waals surface area contributed by atoms with Crippen LogP contribution >= 0.6 is 0 Å². The van der Waals surface area contributed by atoms with Crippen molar-refractivity contribution in [3.63, 3.8) is 0 Å². The maximum Gasteiger partial charge on any atom is 0.265 e. The summed E-state index contributed by atoms with van der Waals surface area (Å²) in [5.74, 6) is -0.260. The molecule has 36 heavy (non-hydrogen) atoms. The molecule has 1 fully saturated rings. The fourth-order valence-electron chi connectivity index (χ4n) is 3.65. The lowest BCUT2D eigenvalue weighted by Gasteiger charge is -2.26. The van der Waals surface area contributed by atoms with Gasteiger partial charge in [0.1, 0.15) is 11.5 Å². The number of benzene rings is 2. The van der Waals surface area contributed by atoms with Crippen molar-refractivity contribution >= 4 is 25.9 Å². The molecule has 0 spiro atoms. The van der Waals surface area contributed by atoms with Crippen molar-refractivity contribution in [1.29, 1.82) is 0 Å². The molecule has 1 atom stereocenters. The molecule has 0 radical (unpaired) electrons. The van der Waals surface area contributed by atoms with Crippen LogP contribution in [0.15, 0.2) is 54.6 Å². The largest absolute Gasteiger partial charge is 0.457 e. The standard InChI is InChI=1S/C24H32N2O8S2/c1-35(28,29)34-23(24(27)25-11-12-26-13-15-32-16-14-26)10-17-36(30,31)19-20-6-5-9-22(18-20)33-21-7-3-2-4-8-21/h2-9,18,23H,10-17,19H2,1H3,(H,25,27). The Balaban J connectivity index is 1.56. The highest BCUT2D eigenvalue weighted by atomic mass is 32.2. The molecule has 12 heteroatoms. The van der Waals surface area contributed by atoms with Crippen LogP contribution in [-0.4, -0.2) is 85.1 Å². The normalized spacial score (nSPS) is 15.8. The number of amides is 1. The molecule has 2 aromatic rings. The molecule has 1 N–H and O–H groups in total. The van der Waals surface area contributed by atoms with Gasteiger partial charge in [-0.1, -0.05) is 30.3 Å². The zero-order valence-electron chi connectivity index (χ0n) is 20.2. The van der Waals surface area contributed by atoms with Gasteiger partial charge < -0.3 is 14.8 Å². The molecule has 0 bridgehead atoms. The SMILES string of the molecule is CS(=O)(=O)OC(CCS(=O)(=O)Cc1cccc(Oc2ccccc2)c1)C(=O)NCCN1CCOCC1. The Morgan fingerprint density at radius 2 is 1.72 bits per heavy atom. The first-order valence-electron chi connectivity index (χ1n) is 11.6. The molecule has 0 aromatic heterocycles. The van der Waals surface area contributed by atoms with E-state index in [9.17, 15) is 21.6 Å². The number of nitrogens with zero attached hydrogens (tertiary/aromatic N) is 1. The predicted molar refractivity (Wildman–Crippen MR) is 135 cm³/mol. The molecular formula is C24H32N2O8S2. The summed E-state index contributed by atoms with van der Waals surface area (Å²) >= 11 is 0. The number of nitrogens with one attached hydrogen (secondary N) is 1. The molecule has 1 unspecified atom stereocenters. The van der Waals surface area contributed by atoms with E-state index in [1.165, 1.54) is 0 Å². The third-order valence-electron chi connectivity index (χ3n) is 5.37. The van der Waals surface area contributed by atoms with E-state index in [0.29, 0.717) is 36.8 Å². The average Bonchev–Trinajstić information content (AvgIpc) is 2.82. The number of hydrogen-bond acceptors (Lipinski definition) is 9. The van der Waals surface area contributed by atoms with Crippen molar-refractivity contribution in [2.45, 2.75) is 18.3 Å². The zero-order chi connectivity index (χ0) is 26.0. The van der Waals surface area contributed by atoms with Crippen LogP contribution in [0.3, 0.4) is 0 Å². The predicted octanol–water partition coefficient (Wildman–Crippen LogP) is 1.58. The van der Waals surface area contributed by atoms with Crippen molar-refractivity contribution in [3.8, 4) is 11.5 Å². The van der Waals surface area contributed by atoms with E-state index in [2.05, 4.69) is 10.2 Å². The van der Waals surface area contributed by atoms with Gasteiger partial charge in [-0.3, -0.25) is 13.9 Å². The van der Waals surface area contributed by atoms with Crippen molar-refractivity contribution in [1.82, 2.24) is 10.2 Å². The minimum absolute atomic E-state index is 0.281. The van der Waals surface area contributed by atoms with Crippen LogP contribution in [-0.2, 0) is 39.4 Å². The monoisotopic (exact) mass is 540 g/mol. The maximum absolute atomic E-state index is 12.8. The summed E-state index contributed by atoms with van der Waals surface area (Å²) in [4.78, 5) is 14.7. The highest BCUT2D eigenvalue weighted by molar-refractivity contribution is 7.90. The second-order valence-corrected chi connectivity index (χ2v) is 12.3. The van der Waals surface area contributed by atoms with E-state index in [1.807, 2.05) is 18.2 Å². The highest BCUT2D eigenvalue weighted by Crippen LogP contribution is 2.23. The van der Waals surface area contributed by atoms with Crippen LogP contribution in [0.1, 0.15) is 12.0 Å². The van der Waals surface area contributed by atoms with Gasteiger partial charge in [-0.25, -0.2) is 8.42 Å². The summed E-state index contributed by atoms with van der Waals surface area (Å²) in [6, 6.07) is 15.8. The van der Waals surface area contributed by atoms with E-state index in [1.54, 1.807) is 36.4 Å². The van der Waals surface area contributed by atoms with Crippen molar-refractivity contribution in [3.05, 3.63) is 60.2 Å². The minimum atomic E-state index is -3.97. The lowest BCUT2D eigenvalue weighted by molar-refractivity contribution is -0.128. The molecule has 0 saturated carbocycles. The zero-order valence-corrected chi connectivity index (χ0v) is 21.8. The Labute approximate surface area is 212 Å². The first-order valence-corrected chi connectivity index (χ1v) is 15.2. The fraction of sp³-hybridized carbons (Fsp3) is 0.458. The fourth-order valence-corrected chi connectivity index (χ4v) is 5.66. The van der Waals surface area contributed by atoms with Gasteiger partial charge in [-0.2, -0.15) is 8.42 Å². The molecule has 3 rings (SSSR count). The van der Waals surface area contributed by atoms with Gasteiger partial charge in [-0.15, -0.1) is 0 Å². The minimum Gasteiger partial charge on any atom is -0.457 e. The van der Waals surface area contributed by atoms with Crippen LogP contribution < -0.4 is 10.1 Å². The Kier molecular flexibility index (Phi) is 10.3. The maximum atomic E-state index is 12.8. The average molecular weight is 541 g/mol. The first-order chi connectivity index (χ1) is 17.1. The van der Waals surface area contributed by atoms with Gasteiger partial charge in [0.2, 0.25) is 0 Å². The summed E-state index contributed by atoms with van der Waals surface area (Å²) in [6.07, 6.45) is -0.903. The third-order valence-corrected chi connectivity index (χ3v) is 7.58. The van der Waals surface area contributed by atoms with Crippen LogP contribution in [0.2, 0.25) is 0 Å². The van der Waals surface area contributed by atoms with E-state index in [-0.39, 0.29) is 18.7 Å². The van der Waals surface area contributed by atoms with Gasteiger partial charge in [0.15, 0.2) is 15.9 Å². The van der Waals surface area contributed by atoms with Crippen molar-refractivity contribution in [2.24, 2.45) is 0 Å². The number of morpholine rings is 1. The van der Waals surface area contributed by atoms with Crippen LogP contribution in [0.4, 0.5) is 0 Å². The quantitative estimate of drug-likeness (QED) is 0.377. The summed E-state index contributed by atoms with van der Waals surface area (Å²) < 4.78 is 64.9. The Hall–Kier alpha value is -2.51. The lowest BCUT2D eigenvalue weighted by Crippen LogP contribution is -2.44. The lowest BCUT2D eigenvalue weighted by atomic mass is 10.2. The van der Waals surface area contributed by atoms with Gasteiger partial charge in [0, 0.05) is 26.2 Å². The topological polar surface area (TPSA) is 128 Å². The number of hydrogen-bond donors (Lipinski definition) is 1. The van der Waals surface area contributed by atoms with Gasteiger partial charge >= 0.3 is 0 Å². The molecular weight excluding hydrogens is 508 g/mol. The summed E-state index contributed by atoms with van der Waals surface area (Å²) in [7, 11) is -7.65. The van der Waals surface area contributed by atoms with Gasteiger partial charge in [0.05, 0.1) is 31.0 Å². The second-order valence-electron chi connectivity index (χ2n) is 8.48. The Morgan fingerprint density at radius 1 is 1.03 bits per heavy atom. The molecule has 0 aliphatic carbocycles. The van der Waals surface area contributed by atoms with Crippen LogP contribution in [0, 0.1) is 0 Å².